The Bertz CT molecular complexity index is 512. The second kappa shape index (κ2) is 6.11. The van der Waals surface area contributed by atoms with E-state index < -0.39 is 0 Å². The van der Waals surface area contributed by atoms with Gasteiger partial charge < -0.3 is 15.8 Å². The predicted octanol–water partition coefficient (Wildman–Crippen LogP) is 2.19. The molecule has 0 radical (unpaired) electrons. The second-order valence-corrected chi connectivity index (χ2v) is 5.95. The van der Waals surface area contributed by atoms with E-state index in [9.17, 15) is 0 Å². The van der Waals surface area contributed by atoms with E-state index in [1.54, 1.807) is 0 Å². The summed E-state index contributed by atoms with van der Waals surface area (Å²) in [5, 5.41) is 9.33. The van der Waals surface area contributed by atoms with Crippen LogP contribution in [-0.2, 0) is 6.42 Å². The summed E-state index contributed by atoms with van der Waals surface area (Å²) in [5.74, 6) is 2.01. The molecule has 2 rings (SSSR count). The number of H-pyrrole nitrogens is 1. The summed E-state index contributed by atoms with van der Waals surface area (Å²) in [6.45, 7) is 2.40. The summed E-state index contributed by atoms with van der Waals surface area (Å²) >= 11 is 1.86. The molecule has 0 spiro atoms. The lowest BCUT2D eigenvalue weighted by molar-refractivity contribution is 0.289. The van der Waals surface area contributed by atoms with E-state index in [4.69, 9.17) is 10.8 Å². The zero-order valence-electron chi connectivity index (χ0n) is 10.5. The fourth-order valence-electron chi connectivity index (χ4n) is 1.82. The first-order valence-electron chi connectivity index (χ1n) is 6.15. The summed E-state index contributed by atoms with van der Waals surface area (Å²) in [5.41, 5.74) is 8.45. The lowest BCUT2D eigenvalue weighted by atomic mass is 10.3. The van der Waals surface area contributed by atoms with Crippen molar-refractivity contribution >= 4 is 28.5 Å². The van der Waals surface area contributed by atoms with E-state index in [0.717, 1.165) is 41.1 Å². The average molecular weight is 265 g/mol. The minimum Gasteiger partial charge on any atom is -0.399 e. The topological polar surface area (TPSA) is 74.9 Å². The third kappa shape index (κ3) is 3.40. The number of rotatable bonds is 6. The zero-order chi connectivity index (χ0) is 13.0. The molecule has 4 N–H and O–H groups in total. The highest BCUT2D eigenvalue weighted by atomic mass is 32.2. The van der Waals surface area contributed by atoms with Crippen LogP contribution >= 0.6 is 11.8 Å². The molecule has 0 saturated carbocycles. The van der Waals surface area contributed by atoms with E-state index in [-0.39, 0.29) is 6.61 Å². The lowest BCUT2D eigenvalue weighted by Gasteiger charge is -2.07. The molecule has 0 fully saturated rings. The first-order valence-corrected chi connectivity index (χ1v) is 7.20. The molecule has 0 bridgehead atoms. The average Bonchev–Trinajstić information content (AvgIpc) is 2.71. The fraction of sp³-hybridized carbons (Fsp3) is 0.462. The maximum absolute atomic E-state index is 8.83. The van der Waals surface area contributed by atoms with Gasteiger partial charge in [0.2, 0.25) is 0 Å². The van der Waals surface area contributed by atoms with Gasteiger partial charge in [-0.2, -0.15) is 11.8 Å². The highest BCUT2D eigenvalue weighted by molar-refractivity contribution is 7.99. The molecule has 4 nitrogen and oxygen atoms in total. The monoisotopic (exact) mass is 265 g/mol. The SMILES string of the molecule is CC(CCO)SCCc1nc2ccc(N)cc2[nH]1. The largest absolute Gasteiger partial charge is 0.399 e. The highest BCUT2D eigenvalue weighted by Gasteiger charge is 2.05. The van der Waals surface area contributed by atoms with Gasteiger partial charge in [-0.1, -0.05) is 6.92 Å². The van der Waals surface area contributed by atoms with Gasteiger partial charge in [-0.25, -0.2) is 4.98 Å². The molecule has 1 atom stereocenters. The minimum atomic E-state index is 0.262. The molecule has 1 aromatic carbocycles. The molecule has 0 aliphatic carbocycles. The van der Waals surface area contributed by atoms with Gasteiger partial charge in [0.1, 0.15) is 5.82 Å². The number of aliphatic hydroxyl groups is 1. The number of aromatic amines is 1. The third-order valence-corrected chi connectivity index (χ3v) is 4.08. The number of nitrogens with one attached hydrogen (secondary N) is 1. The maximum Gasteiger partial charge on any atom is 0.108 e. The summed E-state index contributed by atoms with van der Waals surface area (Å²) < 4.78 is 0. The molecule has 1 aromatic heterocycles. The van der Waals surface area contributed by atoms with E-state index >= 15 is 0 Å². The molecule has 18 heavy (non-hydrogen) atoms. The van der Waals surface area contributed by atoms with Gasteiger partial charge in [0.25, 0.3) is 0 Å². The first kappa shape index (κ1) is 13.2. The molecule has 0 aliphatic heterocycles. The van der Waals surface area contributed by atoms with Crippen molar-refractivity contribution in [2.45, 2.75) is 25.0 Å². The Kier molecular flexibility index (Phi) is 4.49. The number of imidazole rings is 1. The van der Waals surface area contributed by atoms with Crippen LogP contribution < -0.4 is 5.73 Å². The summed E-state index contributed by atoms with van der Waals surface area (Å²) in [4.78, 5) is 7.81. The molecule has 1 unspecified atom stereocenters. The van der Waals surface area contributed by atoms with Crippen molar-refractivity contribution in [3.8, 4) is 0 Å². The molecule has 98 valence electrons. The van der Waals surface area contributed by atoms with Crippen LogP contribution in [0.2, 0.25) is 0 Å². The Morgan fingerprint density at radius 2 is 2.33 bits per heavy atom. The number of anilines is 1. The normalized spacial score (nSPS) is 13.0. The predicted molar refractivity (Wildman–Crippen MR) is 77.8 cm³/mol. The maximum atomic E-state index is 8.83. The van der Waals surface area contributed by atoms with Crippen LogP contribution in [0.5, 0.6) is 0 Å². The highest BCUT2D eigenvalue weighted by Crippen LogP contribution is 2.18. The Morgan fingerprint density at radius 3 is 3.11 bits per heavy atom. The number of benzene rings is 1. The Labute approximate surface area is 111 Å². The third-order valence-electron chi connectivity index (χ3n) is 2.83. The molecule has 0 amide bonds. The van der Waals surface area contributed by atoms with E-state index in [0.29, 0.717) is 5.25 Å². The molecular formula is C13H19N3OS. The van der Waals surface area contributed by atoms with Crippen LogP contribution in [0.3, 0.4) is 0 Å². The van der Waals surface area contributed by atoms with Crippen molar-refractivity contribution in [3.63, 3.8) is 0 Å². The Morgan fingerprint density at radius 1 is 1.50 bits per heavy atom. The summed E-state index contributed by atoms with van der Waals surface area (Å²) in [7, 11) is 0. The van der Waals surface area contributed by atoms with Crippen molar-refractivity contribution in [3.05, 3.63) is 24.0 Å². The smallest absolute Gasteiger partial charge is 0.108 e. The van der Waals surface area contributed by atoms with Crippen LogP contribution in [0.4, 0.5) is 5.69 Å². The van der Waals surface area contributed by atoms with Gasteiger partial charge in [0.15, 0.2) is 0 Å². The van der Waals surface area contributed by atoms with Gasteiger partial charge in [0.05, 0.1) is 11.0 Å². The molecule has 0 aliphatic rings. The number of nitrogens with two attached hydrogens (primary N) is 1. The number of nitrogen functional groups attached to an aromatic ring is 1. The van der Waals surface area contributed by atoms with Gasteiger partial charge in [-0.05, 0) is 24.6 Å². The molecular weight excluding hydrogens is 246 g/mol. The Balaban J connectivity index is 1.92. The number of fused-ring (bicyclic) bond motifs is 1. The quantitative estimate of drug-likeness (QED) is 0.700. The van der Waals surface area contributed by atoms with Crippen LogP contribution in [0, 0.1) is 0 Å². The summed E-state index contributed by atoms with van der Waals surface area (Å²) in [6, 6.07) is 5.71. The van der Waals surface area contributed by atoms with Gasteiger partial charge in [-0.15, -0.1) is 0 Å². The number of nitrogens with zero attached hydrogens (tertiary/aromatic N) is 1. The lowest BCUT2D eigenvalue weighted by Crippen LogP contribution is -2.02. The van der Waals surface area contributed by atoms with Gasteiger partial charge in [0, 0.05) is 29.7 Å². The van der Waals surface area contributed by atoms with Crippen molar-refractivity contribution in [2.75, 3.05) is 18.1 Å². The number of hydrogen-bond donors (Lipinski definition) is 3. The number of aromatic nitrogens is 2. The molecule has 5 heteroatoms. The number of aryl methyl sites for hydroxylation is 1. The summed E-state index contributed by atoms with van der Waals surface area (Å²) in [6.07, 6.45) is 1.76. The van der Waals surface area contributed by atoms with Crippen LogP contribution in [0.1, 0.15) is 19.2 Å². The van der Waals surface area contributed by atoms with Gasteiger partial charge >= 0.3 is 0 Å². The van der Waals surface area contributed by atoms with Crippen LogP contribution in [-0.4, -0.2) is 32.7 Å². The number of hydrogen-bond acceptors (Lipinski definition) is 4. The van der Waals surface area contributed by atoms with E-state index in [1.807, 2.05) is 30.0 Å². The van der Waals surface area contributed by atoms with Crippen molar-refractivity contribution in [2.24, 2.45) is 0 Å². The van der Waals surface area contributed by atoms with Crippen molar-refractivity contribution in [1.82, 2.24) is 9.97 Å². The molecule has 1 heterocycles. The second-order valence-electron chi connectivity index (χ2n) is 4.40. The fourth-order valence-corrected chi connectivity index (χ4v) is 2.81. The van der Waals surface area contributed by atoms with Crippen LogP contribution in [0.15, 0.2) is 18.2 Å². The molecule has 2 aromatic rings. The zero-order valence-corrected chi connectivity index (χ0v) is 11.3. The minimum absolute atomic E-state index is 0.262. The Hall–Kier alpha value is -1.20. The standard InChI is InChI=1S/C13H19N3OS/c1-9(4-6-17)18-7-5-13-15-11-3-2-10(14)8-12(11)16-13/h2-3,8-9,17H,4-7,14H2,1H3,(H,15,16). The van der Waals surface area contributed by atoms with E-state index in [1.165, 1.54) is 0 Å². The molecule has 0 saturated heterocycles. The van der Waals surface area contributed by atoms with Crippen LogP contribution in [0.25, 0.3) is 11.0 Å². The van der Waals surface area contributed by atoms with E-state index in [2.05, 4.69) is 16.9 Å². The number of thioether (sulfide) groups is 1. The van der Waals surface area contributed by atoms with Crippen molar-refractivity contribution in [1.29, 1.82) is 0 Å². The first-order chi connectivity index (χ1) is 8.69. The van der Waals surface area contributed by atoms with Crippen molar-refractivity contribution < 1.29 is 5.11 Å². The van der Waals surface area contributed by atoms with Gasteiger partial charge in [-0.3, -0.25) is 0 Å². The number of aliphatic hydroxyl groups excluding tert-OH is 1.